The number of rotatable bonds is 5. The minimum atomic E-state index is -0.320. The summed E-state index contributed by atoms with van der Waals surface area (Å²) >= 11 is 0. The molecule has 0 aliphatic heterocycles. The molecule has 2 rings (SSSR count). The van der Waals surface area contributed by atoms with E-state index in [0.717, 1.165) is 24.4 Å². The number of aliphatic hydroxyl groups is 1. The van der Waals surface area contributed by atoms with Crippen LogP contribution >= 0.6 is 0 Å². The van der Waals surface area contributed by atoms with Gasteiger partial charge >= 0.3 is 0 Å². The molecule has 0 unspecified atom stereocenters. The van der Waals surface area contributed by atoms with Crippen molar-refractivity contribution in [1.82, 2.24) is 0 Å². The Morgan fingerprint density at radius 2 is 1.83 bits per heavy atom. The lowest BCUT2D eigenvalue weighted by Crippen LogP contribution is -2.23. The smallest absolute Gasteiger partial charge is 0.0787 e. The molecule has 1 aromatic carbocycles. The molecule has 1 fully saturated rings. The van der Waals surface area contributed by atoms with E-state index in [2.05, 4.69) is 36.2 Å². The van der Waals surface area contributed by atoms with Crippen LogP contribution in [0.25, 0.3) is 0 Å². The van der Waals surface area contributed by atoms with Crippen molar-refractivity contribution in [3.05, 3.63) is 29.8 Å². The molecular formula is C16H25NO. The first-order chi connectivity index (χ1) is 8.70. The summed E-state index contributed by atoms with van der Waals surface area (Å²) in [6, 6.07) is 8.36. The van der Waals surface area contributed by atoms with Gasteiger partial charge in [0.15, 0.2) is 0 Å². The van der Waals surface area contributed by atoms with Crippen molar-refractivity contribution in [2.75, 3.05) is 18.5 Å². The number of aliphatic hydroxyl groups excluding tert-OH is 1. The van der Waals surface area contributed by atoms with Crippen molar-refractivity contribution in [1.29, 1.82) is 0 Å². The van der Waals surface area contributed by atoms with Crippen molar-refractivity contribution in [3.63, 3.8) is 0 Å². The normalized spacial score (nSPS) is 17.9. The molecule has 0 amide bonds. The van der Waals surface area contributed by atoms with Gasteiger partial charge in [-0.1, -0.05) is 31.9 Å². The molecule has 1 N–H and O–H groups in total. The molecule has 0 radical (unpaired) electrons. The minimum absolute atomic E-state index is 0.320. The van der Waals surface area contributed by atoms with Crippen LogP contribution in [0.2, 0.25) is 0 Å². The van der Waals surface area contributed by atoms with Gasteiger partial charge in [-0.2, -0.15) is 0 Å². The van der Waals surface area contributed by atoms with E-state index in [9.17, 15) is 5.11 Å². The predicted octanol–water partition coefficient (Wildman–Crippen LogP) is 3.76. The van der Waals surface area contributed by atoms with Gasteiger partial charge in [-0.25, -0.2) is 0 Å². The number of anilines is 1. The van der Waals surface area contributed by atoms with Crippen LogP contribution in [0.3, 0.4) is 0 Å². The van der Waals surface area contributed by atoms with Gasteiger partial charge < -0.3 is 10.0 Å². The highest BCUT2D eigenvalue weighted by molar-refractivity contribution is 5.47. The third-order valence-corrected chi connectivity index (χ3v) is 4.11. The third kappa shape index (κ3) is 3.26. The van der Waals surface area contributed by atoms with E-state index >= 15 is 0 Å². The lowest BCUT2D eigenvalue weighted by molar-refractivity contribution is 0.173. The van der Waals surface area contributed by atoms with Crippen molar-refractivity contribution >= 4 is 5.69 Å². The summed E-state index contributed by atoms with van der Waals surface area (Å²) in [5.41, 5.74) is 2.28. The maximum absolute atomic E-state index is 9.77. The van der Waals surface area contributed by atoms with Crippen LogP contribution < -0.4 is 4.90 Å². The van der Waals surface area contributed by atoms with Crippen molar-refractivity contribution < 1.29 is 5.11 Å². The Kier molecular flexibility index (Phi) is 4.65. The quantitative estimate of drug-likeness (QED) is 0.856. The first-order valence-electron chi connectivity index (χ1n) is 7.20. The molecule has 18 heavy (non-hydrogen) atoms. The molecule has 0 bridgehead atoms. The average molecular weight is 247 g/mol. The number of benzene rings is 1. The Balaban J connectivity index is 1.95. The van der Waals surface area contributed by atoms with E-state index in [1.807, 2.05) is 6.92 Å². The average Bonchev–Trinajstić information content (AvgIpc) is 2.91. The molecule has 2 heteroatoms. The van der Waals surface area contributed by atoms with E-state index in [4.69, 9.17) is 0 Å². The summed E-state index contributed by atoms with van der Waals surface area (Å²) in [6.07, 6.45) is 6.03. The van der Waals surface area contributed by atoms with Crippen molar-refractivity contribution in [2.45, 2.75) is 45.1 Å². The maximum atomic E-state index is 9.77. The lowest BCUT2D eigenvalue weighted by atomic mass is 10.1. The largest absolute Gasteiger partial charge is 0.388 e. The van der Waals surface area contributed by atoms with Crippen LogP contribution in [0, 0.1) is 5.92 Å². The fraction of sp³-hybridized carbons (Fsp3) is 0.625. The molecule has 1 aliphatic rings. The maximum Gasteiger partial charge on any atom is 0.0787 e. The molecule has 1 saturated carbocycles. The van der Waals surface area contributed by atoms with Crippen LogP contribution in [-0.2, 0) is 0 Å². The summed E-state index contributed by atoms with van der Waals surface area (Å²) in [7, 11) is 2.17. The first-order valence-corrected chi connectivity index (χ1v) is 7.20. The number of hydrogen-bond donors (Lipinski definition) is 1. The van der Waals surface area contributed by atoms with Gasteiger partial charge in [0.1, 0.15) is 0 Å². The second-order valence-corrected chi connectivity index (χ2v) is 5.55. The van der Waals surface area contributed by atoms with Crippen LogP contribution in [0.1, 0.15) is 50.7 Å². The topological polar surface area (TPSA) is 23.5 Å². The molecular weight excluding hydrogens is 222 g/mol. The highest BCUT2D eigenvalue weighted by Crippen LogP contribution is 2.27. The van der Waals surface area contributed by atoms with E-state index in [0.29, 0.717) is 0 Å². The highest BCUT2D eigenvalue weighted by Gasteiger charge is 2.17. The van der Waals surface area contributed by atoms with Gasteiger partial charge in [-0.3, -0.25) is 0 Å². The summed E-state index contributed by atoms with van der Waals surface area (Å²) in [5, 5.41) is 9.77. The van der Waals surface area contributed by atoms with Gasteiger partial charge in [0, 0.05) is 19.3 Å². The molecule has 2 nitrogen and oxygen atoms in total. The summed E-state index contributed by atoms with van der Waals surface area (Å²) in [6.45, 7) is 3.17. The predicted molar refractivity (Wildman–Crippen MR) is 76.9 cm³/mol. The Morgan fingerprint density at radius 3 is 2.39 bits per heavy atom. The Hall–Kier alpha value is -1.02. The second kappa shape index (κ2) is 6.24. The fourth-order valence-electron chi connectivity index (χ4n) is 2.87. The SMILES string of the molecule is CC[C@@H](O)c1ccc(N(C)CC2CCCC2)cc1. The summed E-state index contributed by atoms with van der Waals surface area (Å²) in [4.78, 5) is 2.35. The van der Waals surface area contributed by atoms with Crippen molar-refractivity contribution in [3.8, 4) is 0 Å². The molecule has 0 aromatic heterocycles. The monoisotopic (exact) mass is 247 g/mol. The zero-order valence-electron chi connectivity index (χ0n) is 11.6. The summed E-state index contributed by atoms with van der Waals surface area (Å²) in [5.74, 6) is 0.871. The third-order valence-electron chi connectivity index (χ3n) is 4.11. The minimum Gasteiger partial charge on any atom is -0.388 e. The fourth-order valence-corrected chi connectivity index (χ4v) is 2.87. The molecule has 1 atom stereocenters. The van der Waals surface area contributed by atoms with E-state index in [-0.39, 0.29) is 6.10 Å². The zero-order valence-corrected chi connectivity index (χ0v) is 11.6. The van der Waals surface area contributed by atoms with Crippen molar-refractivity contribution in [2.24, 2.45) is 5.92 Å². The van der Waals surface area contributed by atoms with Crippen LogP contribution in [-0.4, -0.2) is 18.7 Å². The van der Waals surface area contributed by atoms with Crippen LogP contribution in [0.4, 0.5) is 5.69 Å². The molecule has 0 spiro atoms. The van der Waals surface area contributed by atoms with E-state index in [1.54, 1.807) is 0 Å². The zero-order chi connectivity index (χ0) is 13.0. The Bertz CT molecular complexity index is 354. The summed E-state index contributed by atoms with van der Waals surface area (Å²) < 4.78 is 0. The van der Waals surface area contributed by atoms with Gasteiger partial charge in [0.25, 0.3) is 0 Å². The molecule has 100 valence electrons. The van der Waals surface area contributed by atoms with E-state index < -0.39 is 0 Å². The first kappa shape index (κ1) is 13.4. The van der Waals surface area contributed by atoms with E-state index in [1.165, 1.54) is 31.4 Å². The molecule has 1 aromatic rings. The second-order valence-electron chi connectivity index (χ2n) is 5.55. The standard InChI is InChI=1S/C16H25NO/c1-3-16(18)14-8-10-15(11-9-14)17(2)12-13-6-4-5-7-13/h8-11,13,16,18H,3-7,12H2,1-2H3/t16-/m1/s1. The number of hydrogen-bond acceptors (Lipinski definition) is 2. The Morgan fingerprint density at radius 1 is 1.22 bits per heavy atom. The number of nitrogens with zero attached hydrogens (tertiary/aromatic N) is 1. The molecule has 0 saturated heterocycles. The van der Waals surface area contributed by atoms with Gasteiger partial charge in [0.05, 0.1) is 6.10 Å². The molecule has 0 heterocycles. The lowest BCUT2D eigenvalue weighted by Gasteiger charge is -2.23. The van der Waals surface area contributed by atoms with Gasteiger partial charge in [0.2, 0.25) is 0 Å². The Labute approximate surface area is 111 Å². The molecule has 1 aliphatic carbocycles. The van der Waals surface area contributed by atoms with Crippen LogP contribution in [0.5, 0.6) is 0 Å². The van der Waals surface area contributed by atoms with Gasteiger partial charge in [-0.05, 0) is 42.9 Å². The highest BCUT2D eigenvalue weighted by atomic mass is 16.3. The van der Waals surface area contributed by atoms with Crippen LogP contribution in [0.15, 0.2) is 24.3 Å². The van der Waals surface area contributed by atoms with Gasteiger partial charge in [-0.15, -0.1) is 0 Å².